The van der Waals surface area contributed by atoms with Crippen molar-refractivity contribution in [1.82, 2.24) is 25.3 Å². The van der Waals surface area contributed by atoms with Crippen molar-refractivity contribution in [2.45, 2.75) is 6.54 Å². The number of fused-ring (bicyclic) bond motifs is 2. The van der Waals surface area contributed by atoms with Gasteiger partial charge < -0.3 is 10.6 Å². The molecule has 0 unspecified atom stereocenters. The van der Waals surface area contributed by atoms with E-state index in [-0.39, 0.29) is 27.2 Å². The highest BCUT2D eigenvalue weighted by atomic mass is 16.2. The summed E-state index contributed by atoms with van der Waals surface area (Å²) < 4.78 is 0.856. The van der Waals surface area contributed by atoms with E-state index in [2.05, 4.69) is 25.9 Å². The van der Waals surface area contributed by atoms with Crippen LogP contribution in [0.3, 0.4) is 0 Å². The van der Waals surface area contributed by atoms with Crippen molar-refractivity contribution in [1.29, 1.82) is 0 Å². The van der Waals surface area contributed by atoms with E-state index < -0.39 is 47.1 Å². The normalized spacial score (nSPS) is 10.9. The molecular weight excluding hydrogens is 420 g/mol. The summed E-state index contributed by atoms with van der Waals surface area (Å²) in [5, 5.41) is 12.0. The van der Waals surface area contributed by atoms with Gasteiger partial charge in [0, 0.05) is 0 Å². The highest BCUT2D eigenvalue weighted by molar-refractivity contribution is 6.02. The van der Waals surface area contributed by atoms with Crippen LogP contribution in [0.4, 0.5) is 5.69 Å². The summed E-state index contributed by atoms with van der Waals surface area (Å²) in [7, 11) is 0. The molecule has 0 saturated heterocycles. The minimum atomic E-state index is -0.694. The predicted molar refractivity (Wildman–Crippen MR) is 116 cm³/mol. The van der Waals surface area contributed by atoms with E-state index >= 15 is 0 Å². The standard InChI is InChI=1S/C20H16N6O6/c27-14(22-13-7-3-6-12-16(13)19(31)24-23-17(12)29)8-21-15(28)9-26-20(32)11-5-2-1-4-10(11)18(30)25-26/h1-7H,8-9H2,(H,21,28)(H,22,27)(H,23,29)(H,24,31)(H,25,30). The Kier molecular flexibility index (Phi) is 5.25. The fraction of sp³-hybridized carbons (Fsp3) is 0.100. The molecule has 162 valence electrons. The fourth-order valence-electron chi connectivity index (χ4n) is 3.26. The van der Waals surface area contributed by atoms with E-state index in [9.17, 15) is 28.8 Å². The van der Waals surface area contributed by atoms with Crippen LogP contribution < -0.4 is 32.9 Å². The van der Waals surface area contributed by atoms with Crippen molar-refractivity contribution in [2.24, 2.45) is 0 Å². The summed E-state index contributed by atoms with van der Waals surface area (Å²) in [6.07, 6.45) is 0. The van der Waals surface area contributed by atoms with E-state index in [0.29, 0.717) is 0 Å². The van der Waals surface area contributed by atoms with Gasteiger partial charge in [0.2, 0.25) is 11.8 Å². The van der Waals surface area contributed by atoms with Crippen LogP contribution in [0.5, 0.6) is 0 Å². The summed E-state index contributed by atoms with van der Waals surface area (Å²) in [6.45, 7) is -0.974. The van der Waals surface area contributed by atoms with Crippen molar-refractivity contribution in [3.05, 3.63) is 83.9 Å². The van der Waals surface area contributed by atoms with Crippen LogP contribution in [-0.2, 0) is 16.1 Å². The number of carbonyl (C=O) groups excluding carboxylic acids is 2. The van der Waals surface area contributed by atoms with Crippen LogP contribution in [0.2, 0.25) is 0 Å². The van der Waals surface area contributed by atoms with Crippen LogP contribution in [0, 0.1) is 0 Å². The Balaban J connectivity index is 1.46. The first-order valence-corrected chi connectivity index (χ1v) is 9.37. The minimum absolute atomic E-state index is 0.00350. The second-order valence-corrected chi connectivity index (χ2v) is 6.84. The van der Waals surface area contributed by atoms with Gasteiger partial charge in [-0.2, -0.15) is 0 Å². The smallest absolute Gasteiger partial charge is 0.273 e. The third-order valence-electron chi connectivity index (χ3n) is 4.73. The Morgan fingerprint density at radius 1 is 0.781 bits per heavy atom. The number of rotatable bonds is 5. The van der Waals surface area contributed by atoms with Crippen LogP contribution in [-0.4, -0.2) is 38.3 Å². The highest BCUT2D eigenvalue weighted by Crippen LogP contribution is 2.16. The molecule has 2 aromatic heterocycles. The third kappa shape index (κ3) is 3.84. The first-order chi connectivity index (χ1) is 15.3. The summed E-state index contributed by atoms with van der Waals surface area (Å²) in [6, 6.07) is 10.6. The molecule has 4 rings (SSSR count). The molecular formula is C20H16N6O6. The quantitative estimate of drug-likeness (QED) is 0.267. The molecule has 0 aliphatic heterocycles. The summed E-state index contributed by atoms with van der Waals surface area (Å²) in [4.78, 5) is 72.9. The number of aromatic nitrogens is 4. The zero-order valence-electron chi connectivity index (χ0n) is 16.4. The van der Waals surface area contributed by atoms with E-state index in [0.717, 1.165) is 4.68 Å². The lowest BCUT2D eigenvalue weighted by Gasteiger charge is -2.10. The number of nitrogens with zero attached hydrogens (tertiary/aromatic N) is 1. The Bertz CT molecular complexity index is 1610. The van der Waals surface area contributed by atoms with Crippen molar-refractivity contribution in [2.75, 3.05) is 11.9 Å². The molecule has 2 aromatic carbocycles. The molecule has 2 heterocycles. The molecule has 0 radical (unpaired) electrons. The first-order valence-electron chi connectivity index (χ1n) is 9.37. The van der Waals surface area contributed by atoms with Gasteiger partial charge in [-0.25, -0.2) is 4.68 Å². The SMILES string of the molecule is O=C(Cn1[nH]c(=O)c2ccccc2c1=O)NCC(=O)Nc1cccc2c(=O)[nH][nH]c(=O)c12. The summed E-state index contributed by atoms with van der Waals surface area (Å²) in [5.74, 6) is -1.36. The lowest BCUT2D eigenvalue weighted by Crippen LogP contribution is -2.39. The Morgan fingerprint density at radius 2 is 1.47 bits per heavy atom. The minimum Gasteiger partial charge on any atom is -0.345 e. The van der Waals surface area contributed by atoms with Crippen molar-refractivity contribution in [3.63, 3.8) is 0 Å². The molecule has 0 bridgehead atoms. The second kappa shape index (κ2) is 8.18. The monoisotopic (exact) mass is 436 g/mol. The molecule has 4 aromatic rings. The molecule has 0 aliphatic rings. The molecule has 0 aliphatic carbocycles. The lowest BCUT2D eigenvalue weighted by molar-refractivity contribution is -0.124. The Hall–Kier alpha value is -4.74. The van der Waals surface area contributed by atoms with Crippen molar-refractivity contribution >= 4 is 39.0 Å². The maximum Gasteiger partial charge on any atom is 0.273 e. The lowest BCUT2D eigenvalue weighted by atomic mass is 10.1. The second-order valence-electron chi connectivity index (χ2n) is 6.84. The average molecular weight is 436 g/mol. The molecule has 5 N–H and O–H groups in total. The number of hydrogen-bond donors (Lipinski definition) is 5. The molecule has 0 fully saturated rings. The number of benzene rings is 2. The van der Waals surface area contributed by atoms with Gasteiger partial charge in [0.05, 0.1) is 33.8 Å². The van der Waals surface area contributed by atoms with Gasteiger partial charge in [0.1, 0.15) is 6.54 Å². The van der Waals surface area contributed by atoms with Gasteiger partial charge in [0.25, 0.3) is 22.2 Å². The van der Waals surface area contributed by atoms with Crippen LogP contribution in [0.1, 0.15) is 0 Å². The topological polar surface area (TPSA) is 179 Å². The number of amides is 2. The predicted octanol–water partition coefficient (Wildman–Crippen LogP) is -1.03. The molecule has 0 spiro atoms. The zero-order chi connectivity index (χ0) is 22.8. The molecule has 2 amide bonds. The Labute approximate surface area is 176 Å². The van der Waals surface area contributed by atoms with Crippen LogP contribution in [0.15, 0.2) is 61.6 Å². The van der Waals surface area contributed by atoms with Gasteiger partial charge in [-0.15, -0.1) is 0 Å². The number of aromatic amines is 3. The van der Waals surface area contributed by atoms with E-state index in [1.54, 1.807) is 12.1 Å². The molecule has 12 heteroatoms. The number of anilines is 1. The first kappa shape index (κ1) is 20.5. The number of carbonyl (C=O) groups is 2. The Morgan fingerprint density at radius 3 is 2.25 bits per heavy atom. The zero-order valence-corrected chi connectivity index (χ0v) is 16.4. The van der Waals surface area contributed by atoms with E-state index in [4.69, 9.17) is 0 Å². The van der Waals surface area contributed by atoms with E-state index in [1.807, 2.05) is 0 Å². The van der Waals surface area contributed by atoms with Gasteiger partial charge in [0.15, 0.2) is 0 Å². The number of nitrogens with one attached hydrogen (secondary N) is 5. The number of H-pyrrole nitrogens is 3. The average Bonchev–Trinajstić information content (AvgIpc) is 2.78. The maximum absolute atomic E-state index is 12.5. The molecule has 12 nitrogen and oxygen atoms in total. The molecule has 32 heavy (non-hydrogen) atoms. The summed E-state index contributed by atoms with van der Waals surface area (Å²) in [5.41, 5.74) is -2.11. The highest BCUT2D eigenvalue weighted by Gasteiger charge is 2.13. The van der Waals surface area contributed by atoms with Crippen molar-refractivity contribution < 1.29 is 9.59 Å². The molecule has 0 atom stereocenters. The van der Waals surface area contributed by atoms with Gasteiger partial charge in [-0.05, 0) is 24.3 Å². The van der Waals surface area contributed by atoms with E-state index in [1.165, 1.54) is 30.3 Å². The number of hydrogen-bond acceptors (Lipinski definition) is 6. The van der Waals surface area contributed by atoms with Crippen LogP contribution in [0.25, 0.3) is 21.5 Å². The fourth-order valence-corrected chi connectivity index (χ4v) is 3.26. The third-order valence-corrected chi connectivity index (χ3v) is 4.73. The van der Waals surface area contributed by atoms with Crippen molar-refractivity contribution in [3.8, 4) is 0 Å². The van der Waals surface area contributed by atoms with Gasteiger partial charge >= 0.3 is 0 Å². The maximum atomic E-state index is 12.5. The summed E-state index contributed by atoms with van der Waals surface area (Å²) >= 11 is 0. The van der Waals surface area contributed by atoms with Gasteiger partial charge in [-0.1, -0.05) is 18.2 Å². The molecule has 0 saturated carbocycles. The largest absolute Gasteiger partial charge is 0.345 e. The van der Waals surface area contributed by atoms with Gasteiger partial charge in [-0.3, -0.25) is 44.1 Å². The van der Waals surface area contributed by atoms with Crippen LogP contribution >= 0.6 is 0 Å².